The lowest BCUT2D eigenvalue weighted by Gasteiger charge is -2.14. The first-order valence-corrected chi connectivity index (χ1v) is 9.16. The van der Waals surface area contributed by atoms with E-state index in [-0.39, 0.29) is 19.0 Å². The van der Waals surface area contributed by atoms with Gasteiger partial charge in [0.15, 0.2) is 5.75 Å². The summed E-state index contributed by atoms with van der Waals surface area (Å²) in [6.07, 6.45) is -4.67. The van der Waals surface area contributed by atoms with E-state index in [4.69, 9.17) is 14.0 Å². The van der Waals surface area contributed by atoms with Gasteiger partial charge in [0, 0.05) is 19.1 Å². The molecule has 0 amide bonds. The highest BCUT2D eigenvalue weighted by Crippen LogP contribution is 2.32. The predicted molar refractivity (Wildman–Crippen MR) is 89.3 cm³/mol. The summed E-state index contributed by atoms with van der Waals surface area (Å²) in [5.74, 6) is -0.721. The van der Waals surface area contributed by atoms with Gasteiger partial charge in [-0.05, 0) is 36.8 Å². The monoisotopic (exact) mass is 406 g/mol. The van der Waals surface area contributed by atoms with E-state index in [0.29, 0.717) is 17.7 Å². The van der Waals surface area contributed by atoms with Crippen molar-refractivity contribution in [1.82, 2.24) is 0 Å². The number of halogens is 3. The maximum absolute atomic E-state index is 12.5. The first kappa shape index (κ1) is 20.8. The van der Waals surface area contributed by atoms with Crippen LogP contribution >= 0.6 is 0 Å². The van der Waals surface area contributed by atoms with Crippen molar-refractivity contribution in [3.05, 3.63) is 48.0 Å². The highest BCUT2D eigenvalue weighted by molar-refractivity contribution is 7.87. The third-order valence-corrected chi connectivity index (χ3v) is 4.43. The van der Waals surface area contributed by atoms with Crippen LogP contribution in [0, 0.1) is 6.92 Å². The van der Waals surface area contributed by atoms with Crippen LogP contribution in [0.4, 0.5) is 13.2 Å². The highest BCUT2D eigenvalue weighted by Gasteiger charge is 2.34. The zero-order valence-corrected chi connectivity index (χ0v) is 15.0. The first-order valence-electron chi connectivity index (χ1n) is 7.75. The number of aryl methyl sites for hydroxylation is 1. The Morgan fingerprint density at radius 3 is 2.41 bits per heavy atom. The van der Waals surface area contributed by atoms with Crippen molar-refractivity contribution in [2.24, 2.45) is 0 Å². The van der Waals surface area contributed by atoms with Gasteiger partial charge in [0.25, 0.3) is 0 Å². The Balaban J connectivity index is 2.29. The number of hydrogen-bond acceptors (Lipinski definition) is 6. The molecule has 0 radical (unpaired) electrons. The molecular formula is C17H17F3O6S. The molecule has 0 aliphatic carbocycles. The second kappa shape index (κ2) is 8.49. The van der Waals surface area contributed by atoms with E-state index in [1.165, 1.54) is 24.3 Å². The second-order valence-electron chi connectivity index (χ2n) is 5.44. The quantitative estimate of drug-likeness (QED) is 0.534. The molecule has 2 rings (SSSR count). The van der Waals surface area contributed by atoms with E-state index in [2.05, 4.69) is 4.74 Å². The number of para-hydroxylation sites is 1. The molecule has 6 nitrogen and oxygen atoms in total. The Hall–Kier alpha value is -2.46. The molecule has 0 heterocycles. The van der Waals surface area contributed by atoms with E-state index in [9.17, 15) is 21.6 Å². The summed E-state index contributed by atoms with van der Waals surface area (Å²) in [6.45, 7) is 1.80. The Labute approximate surface area is 154 Å². The van der Waals surface area contributed by atoms with Gasteiger partial charge in [-0.2, -0.15) is 8.42 Å². The molecule has 27 heavy (non-hydrogen) atoms. The van der Waals surface area contributed by atoms with E-state index in [0.717, 1.165) is 12.1 Å². The average Bonchev–Trinajstić information content (AvgIpc) is 2.53. The molecule has 0 atom stereocenters. The normalized spacial score (nSPS) is 11.9. The van der Waals surface area contributed by atoms with Gasteiger partial charge < -0.3 is 18.8 Å². The summed E-state index contributed by atoms with van der Waals surface area (Å²) in [6, 6.07) is 8.59. The fourth-order valence-electron chi connectivity index (χ4n) is 2.14. The van der Waals surface area contributed by atoms with Gasteiger partial charge in [-0.25, -0.2) is 0 Å². The molecular weight excluding hydrogens is 389 g/mol. The number of aliphatic hydroxyl groups is 1. The molecule has 10 heteroatoms. The van der Waals surface area contributed by atoms with Crippen LogP contribution in [0.3, 0.4) is 0 Å². The van der Waals surface area contributed by atoms with Gasteiger partial charge >= 0.3 is 16.5 Å². The Morgan fingerprint density at radius 2 is 1.74 bits per heavy atom. The van der Waals surface area contributed by atoms with Crippen LogP contribution in [0.15, 0.2) is 47.4 Å². The van der Waals surface area contributed by atoms with E-state index in [1.807, 2.05) is 0 Å². The Kier molecular flexibility index (Phi) is 6.55. The fraction of sp³-hybridized carbons (Fsp3) is 0.294. The third kappa shape index (κ3) is 6.33. The minimum atomic E-state index is -5.05. The lowest BCUT2D eigenvalue weighted by molar-refractivity contribution is -0.275. The molecule has 0 fully saturated rings. The predicted octanol–water partition coefficient (Wildman–Crippen LogP) is 3.42. The second-order valence-corrected chi connectivity index (χ2v) is 6.95. The van der Waals surface area contributed by atoms with Crippen LogP contribution in [-0.4, -0.2) is 33.1 Å². The van der Waals surface area contributed by atoms with E-state index >= 15 is 0 Å². The van der Waals surface area contributed by atoms with Crippen LogP contribution in [0.25, 0.3) is 0 Å². The summed E-state index contributed by atoms with van der Waals surface area (Å²) >= 11 is 0. The molecule has 2 aromatic carbocycles. The average molecular weight is 406 g/mol. The molecule has 0 unspecified atom stereocenters. The standard InChI is InChI=1S/C17H17F3O6S/c1-12-9-13(24-8-4-7-21)11-14(10-12)26-27(22,23)16-6-3-2-5-15(16)25-17(18,19)20/h2-3,5-6,9-11,21H,4,7-8H2,1H3. The molecule has 0 aliphatic heterocycles. The van der Waals surface area contributed by atoms with Crippen molar-refractivity contribution >= 4 is 10.1 Å². The van der Waals surface area contributed by atoms with Gasteiger partial charge in [-0.1, -0.05) is 12.1 Å². The molecule has 0 saturated carbocycles. The molecule has 148 valence electrons. The van der Waals surface area contributed by atoms with Gasteiger partial charge in [-0.15, -0.1) is 13.2 Å². The number of alkyl halides is 3. The zero-order valence-electron chi connectivity index (χ0n) is 14.2. The molecule has 0 spiro atoms. The number of benzene rings is 2. The molecule has 1 N–H and O–H groups in total. The number of aliphatic hydroxyl groups excluding tert-OH is 1. The third-order valence-electron chi connectivity index (χ3n) is 3.15. The highest BCUT2D eigenvalue weighted by atomic mass is 32.2. The van der Waals surface area contributed by atoms with Crippen LogP contribution < -0.4 is 13.7 Å². The smallest absolute Gasteiger partial charge is 0.493 e. The van der Waals surface area contributed by atoms with E-state index < -0.39 is 27.1 Å². The number of hydrogen-bond donors (Lipinski definition) is 1. The summed E-state index contributed by atoms with van der Waals surface area (Å²) in [5, 5.41) is 8.76. The van der Waals surface area contributed by atoms with Gasteiger partial charge in [0.1, 0.15) is 16.4 Å². The van der Waals surface area contributed by atoms with Crippen LogP contribution in [-0.2, 0) is 10.1 Å². The lowest BCUT2D eigenvalue weighted by Crippen LogP contribution is -2.20. The summed E-state index contributed by atoms with van der Waals surface area (Å²) in [7, 11) is -4.60. The lowest BCUT2D eigenvalue weighted by atomic mass is 10.2. The van der Waals surface area contributed by atoms with Crippen LogP contribution in [0.2, 0.25) is 0 Å². The largest absolute Gasteiger partial charge is 0.573 e. The number of ether oxygens (including phenoxy) is 2. The van der Waals surface area contributed by atoms with Crippen molar-refractivity contribution in [3.8, 4) is 17.2 Å². The van der Waals surface area contributed by atoms with Crippen molar-refractivity contribution in [2.45, 2.75) is 24.6 Å². The summed E-state index contributed by atoms with van der Waals surface area (Å²) in [4.78, 5) is -0.758. The molecule has 0 saturated heterocycles. The minimum Gasteiger partial charge on any atom is -0.493 e. The van der Waals surface area contributed by atoms with Gasteiger partial charge in [-0.3, -0.25) is 0 Å². The molecule has 2 aromatic rings. The maximum atomic E-state index is 12.5. The molecule has 0 aromatic heterocycles. The van der Waals surface area contributed by atoms with Gasteiger partial charge in [0.05, 0.1) is 6.61 Å². The van der Waals surface area contributed by atoms with E-state index in [1.54, 1.807) is 13.0 Å². The summed E-state index contributed by atoms with van der Waals surface area (Å²) < 4.78 is 76.5. The Morgan fingerprint density at radius 1 is 1.07 bits per heavy atom. The number of rotatable bonds is 8. The van der Waals surface area contributed by atoms with Gasteiger partial charge in [0.2, 0.25) is 0 Å². The van der Waals surface area contributed by atoms with Crippen molar-refractivity contribution in [1.29, 1.82) is 0 Å². The Bertz CT molecular complexity index is 880. The molecule has 0 bridgehead atoms. The van der Waals surface area contributed by atoms with Crippen LogP contribution in [0.1, 0.15) is 12.0 Å². The van der Waals surface area contributed by atoms with Crippen molar-refractivity contribution < 1.29 is 40.4 Å². The topological polar surface area (TPSA) is 82.1 Å². The first-order chi connectivity index (χ1) is 12.6. The fourth-order valence-corrected chi connectivity index (χ4v) is 3.18. The zero-order chi connectivity index (χ0) is 20.1. The SMILES string of the molecule is Cc1cc(OCCCO)cc(OS(=O)(=O)c2ccccc2OC(F)(F)F)c1. The summed E-state index contributed by atoms with van der Waals surface area (Å²) in [5.41, 5.74) is 0.613. The van der Waals surface area contributed by atoms with Crippen molar-refractivity contribution in [2.75, 3.05) is 13.2 Å². The van der Waals surface area contributed by atoms with Crippen molar-refractivity contribution in [3.63, 3.8) is 0 Å². The minimum absolute atomic E-state index is 0.0699. The maximum Gasteiger partial charge on any atom is 0.573 e. The van der Waals surface area contributed by atoms with Crippen LogP contribution in [0.5, 0.6) is 17.2 Å². The molecule has 0 aliphatic rings.